The van der Waals surface area contributed by atoms with Crippen molar-refractivity contribution in [2.24, 2.45) is 0 Å². The number of ether oxygens (including phenoxy) is 1. The zero-order valence-electron chi connectivity index (χ0n) is 15.7. The van der Waals surface area contributed by atoms with E-state index >= 15 is 0 Å². The number of piperidine rings is 1. The fraction of sp³-hybridized carbons (Fsp3) is 0.409. The molecule has 2 aliphatic rings. The summed E-state index contributed by atoms with van der Waals surface area (Å²) in [6.07, 6.45) is 6.00. The van der Waals surface area contributed by atoms with Gasteiger partial charge in [0.2, 0.25) is 0 Å². The van der Waals surface area contributed by atoms with Gasteiger partial charge in [-0.25, -0.2) is 4.98 Å². The smallest absolute Gasteiger partial charge is 0.254 e. The normalized spacial score (nSPS) is 19.9. The molecule has 1 aromatic carbocycles. The molecule has 1 aliphatic carbocycles. The van der Waals surface area contributed by atoms with Crippen LogP contribution in [-0.2, 0) is 11.3 Å². The van der Waals surface area contributed by atoms with Crippen molar-refractivity contribution in [2.75, 3.05) is 13.1 Å². The Morgan fingerprint density at radius 1 is 1.21 bits per heavy atom. The average Bonchev–Trinajstić information content (AvgIpc) is 3.51. The lowest BCUT2D eigenvalue weighted by molar-refractivity contribution is -0.00785. The number of nitrogens with zero attached hydrogens (tertiary/aromatic N) is 3. The molecule has 2 fully saturated rings. The molecular weight excluding hydrogens is 354 g/mol. The van der Waals surface area contributed by atoms with E-state index in [1.165, 1.54) is 0 Å². The molecule has 28 heavy (non-hydrogen) atoms. The third-order valence-corrected chi connectivity index (χ3v) is 5.44. The summed E-state index contributed by atoms with van der Waals surface area (Å²) in [4.78, 5) is 23.7. The first-order valence-electron chi connectivity index (χ1n) is 9.97. The fourth-order valence-electron chi connectivity index (χ4n) is 3.71. The van der Waals surface area contributed by atoms with E-state index < -0.39 is 0 Å². The van der Waals surface area contributed by atoms with E-state index in [4.69, 9.17) is 9.15 Å². The largest absolute Gasteiger partial charge is 0.440 e. The molecule has 3 aromatic rings. The molecule has 1 saturated carbocycles. The topological polar surface area (TPSA) is 68.5 Å². The van der Waals surface area contributed by atoms with Crippen LogP contribution < -0.4 is 0 Å². The van der Waals surface area contributed by atoms with Crippen LogP contribution in [0.15, 0.2) is 47.0 Å². The van der Waals surface area contributed by atoms with Gasteiger partial charge in [0, 0.05) is 30.8 Å². The maximum absolute atomic E-state index is 13.0. The lowest BCUT2D eigenvalue weighted by atomic mass is 10.1. The summed E-state index contributed by atoms with van der Waals surface area (Å²) in [6.45, 7) is 1.83. The molecule has 1 amide bonds. The number of rotatable bonds is 5. The summed E-state index contributed by atoms with van der Waals surface area (Å²) in [5, 5.41) is 0. The Morgan fingerprint density at radius 3 is 2.96 bits per heavy atom. The minimum Gasteiger partial charge on any atom is -0.440 e. The van der Waals surface area contributed by atoms with Gasteiger partial charge < -0.3 is 14.1 Å². The van der Waals surface area contributed by atoms with Gasteiger partial charge in [0.1, 0.15) is 5.52 Å². The average molecular weight is 377 g/mol. The number of aromatic nitrogens is 2. The number of pyridine rings is 1. The van der Waals surface area contributed by atoms with E-state index in [1.807, 2.05) is 41.3 Å². The highest BCUT2D eigenvalue weighted by atomic mass is 16.5. The maximum Gasteiger partial charge on any atom is 0.254 e. The number of amides is 1. The molecule has 5 rings (SSSR count). The second-order valence-electron chi connectivity index (χ2n) is 7.66. The van der Waals surface area contributed by atoms with Gasteiger partial charge >= 0.3 is 0 Å². The Balaban J connectivity index is 1.25. The monoisotopic (exact) mass is 377 g/mol. The quantitative estimate of drug-likeness (QED) is 0.674. The first-order valence-corrected chi connectivity index (χ1v) is 9.97. The van der Waals surface area contributed by atoms with Crippen LogP contribution in [0.2, 0.25) is 0 Å². The Morgan fingerprint density at radius 2 is 2.14 bits per heavy atom. The van der Waals surface area contributed by atoms with Crippen LogP contribution in [0.4, 0.5) is 0 Å². The number of fused-ring (bicyclic) bond motifs is 1. The van der Waals surface area contributed by atoms with Crippen molar-refractivity contribution < 1.29 is 13.9 Å². The summed E-state index contributed by atoms with van der Waals surface area (Å²) < 4.78 is 11.9. The molecule has 1 saturated heterocycles. The van der Waals surface area contributed by atoms with Crippen LogP contribution in [0.3, 0.4) is 0 Å². The number of hydrogen-bond acceptors (Lipinski definition) is 5. The van der Waals surface area contributed by atoms with Crippen LogP contribution in [0.25, 0.3) is 11.1 Å². The predicted molar refractivity (Wildman–Crippen MR) is 104 cm³/mol. The first-order chi connectivity index (χ1) is 13.8. The Labute approximate surface area is 163 Å². The van der Waals surface area contributed by atoms with Crippen molar-refractivity contribution in [3.8, 4) is 0 Å². The van der Waals surface area contributed by atoms with Crippen molar-refractivity contribution >= 4 is 17.0 Å². The second kappa shape index (κ2) is 7.36. The third-order valence-electron chi connectivity index (χ3n) is 5.44. The predicted octanol–water partition coefficient (Wildman–Crippen LogP) is 3.92. The highest BCUT2D eigenvalue weighted by Gasteiger charge is 2.29. The van der Waals surface area contributed by atoms with E-state index in [0.29, 0.717) is 30.2 Å². The molecule has 0 radical (unpaired) electrons. The van der Waals surface area contributed by atoms with Crippen LogP contribution in [0.1, 0.15) is 53.5 Å². The first kappa shape index (κ1) is 17.4. The second-order valence-corrected chi connectivity index (χ2v) is 7.66. The number of hydrogen-bond donors (Lipinski definition) is 0. The van der Waals surface area contributed by atoms with Gasteiger partial charge in [-0.15, -0.1) is 0 Å². The zero-order valence-corrected chi connectivity index (χ0v) is 15.7. The summed E-state index contributed by atoms with van der Waals surface area (Å²) in [7, 11) is 0. The van der Waals surface area contributed by atoms with E-state index in [0.717, 1.165) is 49.3 Å². The molecule has 0 N–H and O–H groups in total. The highest BCUT2D eigenvalue weighted by Crippen LogP contribution is 2.40. The standard InChI is InChI=1S/C22H23N3O3/c26-22(16-8-9-19-20(12-16)28-21(24-19)15-6-7-15)25-11-3-5-18(13-25)27-14-17-4-1-2-10-23-17/h1-2,4,8-10,12,15,18H,3,5-7,11,13-14H2/t18-/m0/s1. The van der Waals surface area contributed by atoms with Crippen LogP contribution >= 0.6 is 0 Å². The van der Waals surface area contributed by atoms with Gasteiger partial charge in [-0.3, -0.25) is 9.78 Å². The molecule has 3 heterocycles. The molecule has 2 aromatic heterocycles. The van der Waals surface area contributed by atoms with Gasteiger partial charge in [0.25, 0.3) is 5.91 Å². The summed E-state index contributed by atoms with van der Waals surface area (Å²) in [6, 6.07) is 11.4. The van der Waals surface area contributed by atoms with E-state index in [1.54, 1.807) is 6.20 Å². The van der Waals surface area contributed by atoms with E-state index in [2.05, 4.69) is 9.97 Å². The molecule has 6 nitrogen and oxygen atoms in total. The van der Waals surface area contributed by atoms with E-state index in [-0.39, 0.29) is 12.0 Å². The highest BCUT2D eigenvalue weighted by molar-refractivity contribution is 5.97. The Kier molecular flexibility index (Phi) is 4.56. The van der Waals surface area contributed by atoms with Crippen molar-refractivity contribution in [1.82, 2.24) is 14.9 Å². The zero-order chi connectivity index (χ0) is 18.9. The minimum absolute atomic E-state index is 0.0254. The molecule has 6 heteroatoms. The molecule has 144 valence electrons. The molecule has 0 bridgehead atoms. The lowest BCUT2D eigenvalue weighted by Crippen LogP contribution is -2.43. The Hall–Kier alpha value is -2.73. The van der Waals surface area contributed by atoms with E-state index in [9.17, 15) is 4.79 Å². The SMILES string of the molecule is O=C(c1ccc2nc(C3CC3)oc2c1)N1CCC[C@H](OCc2ccccn2)C1. The summed E-state index contributed by atoms with van der Waals surface area (Å²) in [5.41, 5.74) is 3.09. The third kappa shape index (κ3) is 3.64. The number of oxazole rings is 1. The van der Waals surface area contributed by atoms with Gasteiger partial charge in [-0.1, -0.05) is 6.07 Å². The van der Waals surface area contributed by atoms with Crippen LogP contribution in [-0.4, -0.2) is 40.0 Å². The lowest BCUT2D eigenvalue weighted by Gasteiger charge is -2.32. The van der Waals surface area contributed by atoms with Crippen molar-refractivity contribution in [1.29, 1.82) is 0 Å². The molecule has 1 atom stereocenters. The molecule has 0 unspecified atom stereocenters. The van der Waals surface area contributed by atoms with Gasteiger partial charge in [-0.2, -0.15) is 0 Å². The van der Waals surface area contributed by atoms with Crippen molar-refractivity contribution in [3.05, 3.63) is 59.7 Å². The number of likely N-dealkylation sites (tertiary alicyclic amines) is 1. The Bertz CT molecular complexity index is 981. The summed E-state index contributed by atoms with van der Waals surface area (Å²) in [5.74, 6) is 1.30. The number of carbonyl (C=O) groups is 1. The van der Waals surface area contributed by atoms with Crippen LogP contribution in [0, 0.1) is 0 Å². The molecule has 1 aliphatic heterocycles. The number of carbonyl (C=O) groups excluding carboxylic acids is 1. The molecule has 0 spiro atoms. The van der Waals surface area contributed by atoms with Crippen molar-refractivity contribution in [3.63, 3.8) is 0 Å². The van der Waals surface area contributed by atoms with Gasteiger partial charge in [-0.05, 0) is 56.0 Å². The van der Waals surface area contributed by atoms with Crippen LogP contribution in [0.5, 0.6) is 0 Å². The summed E-state index contributed by atoms with van der Waals surface area (Å²) >= 11 is 0. The molecular formula is C22H23N3O3. The maximum atomic E-state index is 13.0. The number of benzene rings is 1. The van der Waals surface area contributed by atoms with Crippen molar-refractivity contribution in [2.45, 2.75) is 44.3 Å². The fourth-order valence-corrected chi connectivity index (χ4v) is 3.71. The minimum atomic E-state index is 0.0254. The van der Waals surface area contributed by atoms with Gasteiger partial charge in [0.15, 0.2) is 11.5 Å². The van der Waals surface area contributed by atoms with Gasteiger partial charge in [0.05, 0.1) is 18.4 Å².